The van der Waals surface area contributed by atoms with E-state index in [0.717, 1.165) is 44.0 Å². The summed E-state index contributed by atoms with van der Waals surface area (Å²) in [5.74, 6) is 0.285. The second kappa shape index (κ2) is 6.06. The summed E-state index contributed by atoms with van der Waals surface area (Å²) in [6.07, 6.45) is 1.17. The van der Waals surface area contributed by atoms with E-state index in [0.29, 0.717) is 6.04 Å². The summed E-state index contributed by atoms with van der Waals surface area (Å²) in [4.78, 5) is 17.3. The predicted molar refractivity (Wildman–Crippen MR) is 85.6 cm³/mol. The number of hydrogen-bond acceptors (Lipinski definition) is 3. The minimum absolute atomic E-state index is 0.00338. The van der Waals surface area contributed by atoms with Gasteiger partial charge in [-0.2, -0.15) is 0 Å². The van der Waals surface area contributed by atoms with Gasteiger partial charge in [-0.05, 0) is 25.0 Å². The second-order valence-corrected chi connectivity index (χ2v) is 6.14. The van der Waals surface area contributed by atoms with Crippen LogP contribution in [0.2, 0.25) is 0 Å². The Morgan fingerprint density at radius 3 is 2.71 bits per heavy atom. The number of fused-ring (bicyclic) bond motifs is 1. The van der Waals surface area contributed by atoms with Gasteiger partial charge in [0.2, 0.25) is 5.91 Å². The van der Waals surface area contributed by atoms with Crippen LogP contribution in [0.1, 0.15) is 31.7 Å². The fourth-order valence-electron chi connectivity index (χ4n) is 3.37. The predicted octanol–water partition coefficient (Wildman–Crippen LogP) is 2.14. The topological polar surface area (TPSA) is 35.6 Å². The number of para-hydroxylation sites is 1. The number of amides is 1. The largest absolute Gasteiger partial charge is 0.384 e. The number of nitrogens with zero attached hydrogens (tertiary/aromatic N) is 2. The number of anilines is 1. The molecular weight excluding hydrogens is 262 g/mol. The van der Waals surface area contributed by atoms with Crippen molar-refractivity contribution >= 4 is 11.6 Å². The summed E-state index contributed by atoms with van der Waals surface area (Å²) in [5, 5.41) is 3.35. The third-order valence-corrected chi connectivity index (χ3v) is 4.97. The Morgan fingerprint density at radius 1 is 1.29 bits per heavy atom. The monoisotopic (exact) mass is 287 g/mol. The lowest BCUT2D eigenvalue weighted by Crippen LogP contribution is -2.52. The van der Waals surface area contributed by atoms with E-state index in [4.69, 9.17) is 0 Å². The standard InChI is InChI=1S/C17H25N3O/c1-3-13(2)19-8-10-20(11-9-19)17(21)15-12-18-16-7-5-4-6-14(15)16/h4-7,13,15,18H,3,8-12H2,1-2H3. The molecule has 4 nitrogen and oxygen atoms in total. The first kappa shape index (κ1) is 14.4. The van der Waals surface area contributed by atoms with E-state index < -0.39 is 0 Å². The first-order valence-corrected chi connectivity index (χ1v) is 8.06. The molecule has 2 atom stereocenters. The zero-order chi connectivity index (χ0) is 14.8. The van der Waals surface area contributed by atoms with E-state index in [1.807, 2.05) is 17.0 Å². The van der Waals surface area contributed by atoms with E-state index in [-0.39, 0.29) is 11.8 Å². The Hall–Kier alpha value is -1.55. The molecule has 3 rings (SSSR count). The van der Waals surface area contributed by atoms with Gasteiger partial charge in [-0.15, -0.1) is 0 Å². The molecular formula is C17H25N3O. The van der Waals surface area contributed by atoms with Crippen molar-refractivity contribution < 1.29 is 4.79 Å². The van der Waals surface area contributed by atoms with E-state index >= 15 is 0 Å². The van der Waals surface area contributed by atoms with Crippen molar-refractivity contribution in [3.63, 3.8) is 0 Å². The van der Waals surface area contributed by atoms with Crippen LogP contribution in [-0.4, -0.2) is 54.5 Å². The molecule has 2 aliphatic heterocycles. The Balaban J connectivity index is 1.63. The molecule has 1 aromatic rings. The van der Waals surface area contributed by atoms with Gasteiger partial charge in [0.15, 0.2) is 0 Å². The number of hydrogen-bond donors (Lipinski definition) is 1. The molecule has 2 unspecified atom stereocenters. The van der Waals surface area contributed by atoms with E-state index in [1.165, 1.54) is 6.42 Å². The number of piperazine rings is 1. The normalized spacial score (nSPS) is 23.5. The molecule has 4 heteroatoms. The molecule has 0 aliphatic carbocycles. The minimum atomic E-state index is -0.00338. The van der Waals surface area contributed by atoms with Crippen LogP contribution in [-0.2, 0) is 4.79 Å². The highest BCUT2D eigenvalue weighted by Crippen LogP contribution is 2.32. The average molecular weight is 287 g/mol. The van der Waals surface area contributed by atoms with Crippen LogP contribution < -0.4 is 5.32 Å². The van der Waals surface area contributed by atoms with Crippen molar-refractivity contribution in [1.82, 2.24) is 9.80 Å². The lowest BCUT2D eigenvalue weighted by atomic mass is 9.99. The maximum Gasteiger partial charge on any atom is 0.232 e. The Labute approximate surface area is 127 Å². The van der Waals surface area contributed by atoms with Crippen molar-refractivity contribution in [3.05, 3.63) is 29.8 Å². The summed E-state index contributed by atoms with van der Waals surface area (Å²) in [6.45, 7) is 8.97. The molecule has 1 aromatic carbocycles. The first-order chi connectivity index (χ1) is 10.2. The molecule has 0 spiro atoms. The molecule has 1 fully saturated rings. The number of carbonyl (C=O) groups is 1. The number of nitrogens with one attached hydrogen (secondary N) is 1. The molecule has 0 radical (unpaired) electrons. The van der Waals surface area contributed by atoms with Crippen molar-refractivity contribution in [2.75, 3.05) is 38.0 Å². The lowest BCUT2D eigenvalue weighted by molar-refractivity contribution is -0.134. The summed E-state index contributed by atoms with van der Waals surface area (Å²) in [7, 11) is 0. The molecule has 0 aromatic heterocycles. The van der Waals surface area contributed by atoms with Gasteiger partial charge < -0.3 is 10.2 Å². The molecule has 1 amide bonds. The van der Waals surface area contributed by atoms with Crippen molar-refractivity contribution in [1.29, 1.82) is 0 Å². The molecule has 2 heterocycles. The van der Waals surface area contributed by atoms with Crippen molar-refractivity contribution in [2.45, 2.75) is 32.2 Å². The highest BCUT2D eigenvalue weighted by molar-refractivity contribution is 5.88. The fourth-order valence-corrected chi connectivity index (χ4v) is 3.37. The number of benzene rings is 1. The van der Waals surface area contributed by atoms with Crippen molar-refractivity contribution in [2.24, 2.45) is 0 Å². The third-order valence-electron chi connectivity index (χ3n) is 4.97. The molecule has 114 valence electrons. The van der Waals surface area contributed by atoms with Crippen LogP contribution in [0.5, 0.6) is 0 Å². The van der Waals surface area contributed by atoms with Crippen LogP contribution in [0.25, 0.3) is 0 Å². The van der Waals surface area contributed by atoms with Crippen LogP contribution >= 0.6 is 0 Å². The van der Waals surface area contributed by atoms with Gasteiger partial charge >= 0.3 is 0 Å². The molecule has 0 saturated carbocycles. The van der Waals surface area contributed by atoms with Crippen molar-refractivity contribution in [3.8, 4) is 0 Å². The summed E-state index contributed by atoms with van der Waals surface area (Å²) >= 11 is 0. The summed E-state index contributed by atoms with van der Waals surface area (Å²) < 4.78 is 0. The fraction of sp³-hybridized carbons (Fsp3) is 0.588. The third kappa shape index (κ3) is 2.77. The molecule has 2 aliphatic rings. The van der Waals surface area contributed by atoms with E-state index in [2.05, 4.69) is 36.2 Å². The SMILES string of the molecule is CCC(C)N1CCN(C(=O)C2CNc3ccccc32)CC1. The minimum Gasteiger partial charge on any atom is -0.384 e. The summed E-state index contributed by atoms with van der Waals surface area (Å²) in [5.41, 5.74) is 2.28. The molecule has 21 heavy (non-hydrogen) atoms. The first-order valence-electron chi connectivity index (χ1n) is 8.06. The average Bonchev–Trinajstić information content (AvgIpc) is 2.97. The zero-order valence-electron chi connectivity index (χ0n) is 13.0. The quantitative estimate of drug-likeness (QED) is 0.925. The van der Waals surface area contributed by atoms with Gasteiger partial charge in [0.1, 0.15) is 0 Å². The molecule has 0 bridgehead atoms. The van der Waals surface area contributed by atoms with Gasteiger partial charge in [0.25, 0.3) is 0 Å². The van der Waals surface area contributed by atoms with Crippen LogP contribution in [0.4, 0.5) is 5.69 Å². The highest BCUT2D eigenvalue weighted by Gasteiger charge is 2.33. The number of carbonyl (C=O) groups excluding carboxylic acids is 1. The van der Waals surface area contributed by atoms with Gasteiger partial charge in [-0.3, -0.25) is 9.69 Å². The maximum absolute atomic E-state index is 12.8. The lowest BCUT2D eigenvalue weighted by Gasteiger charge is -2.38. The Bertz CT molecular complexity index is 509. The van der Waals surface area contributed by atoms with Gasteiger partial charge in [0.05, 0.1) is 5.92 Å². The smallest absolute Gasteiger partial charge is 0.232 e. The maximum atomic E-state index is 12.8. The van der Waals surface area contributed by atoms with Gasteiger partial charge in [0, 0.05) is 44.5 Å². The number of rotatable bonds is 3. The van der Waals surface area contributed by atoms with Gasteiger partial charge in [-0.25, -0.2) is 0 Å². The molecule has 1 saturated heterocycles. The van der Waals surface area contributed by atoms with E-state index in [9.17, 15) is 4.79 Å². The van der Waals surface area contributed by atoms with Crippen LogP contribution in [0.3, 0.4) is 0 Å². The Morgan fingerprint density at radius 2 is 2.00 bits per heavy atom. The van der Waals surface area contributed by atoms with Crippen LogP contribution in [0.15, 0.2) is 24.3 Å². The zero-order valence-corrected chi connectivity index (χ0v) is 13.0. The van der Waals surface area contributed by atoms with Crippen LogP contribution in [0, 0.1) is 0 Å². The molecule has 1 N–H and O–H groups in total. The van der Waals surface area contributed by atoms with E-state index in [1.54, 1.807) is 0 Å². The highest BCUT2D eigenvalue weighted by atomic mass is 16.2. The Kier molecular flexibility index (Phi) is 4.15. The summed E-state index contributed by atoms with van der Waals surface area (Å²) in [6, 6.07) is 8.80. The van der Waals surface area contributed by atoms with Gasteiger partial charge in [-0.1, -0.05) is 25.1 Å². The second-order valence-electron chi connectivity index (χ2n) is 6.14.